The van der Waals surface area contributed by atoms with Crippen LogP contribution in [0, 0.1) is 5.82 Å². The zero-order valence-corrected chi connectivity index (χ0v) is 33.0. The van der Waals surface area contributed by atoms with Crippen LogP contribution in [0.25, 0.3) is 45.3 Å². The quantitative estimate of drug-likeness (QED) is 0.108. The van der Waals surface area contributed by atoms with Gasteiger partial charge in [-0.25, -0.2) is 28.7 Å². The molecule has 0 saturated heterocycles. The lowest BCUT2D eigenvalue weighted by Crippen LogP contribution is -2.13. The normalized spacial score (nSPS) is 11.4. The largest absolute Gasteiger partial charge is 0.424 e. The van der Waals surface area contributed by atoms with Crippen molar-refractivity contribution in [3.63, 3.8) is 0 Å². The fourth-order valence-corrected chi connectivity index (χ4v) is 6.12. The molecule has 14 nitrogen and oxygen atoms in total. The Bertz CT molecular complexity index is 2560. The van der Waals surface area contributed by atoms with E-state index in [1.807, 2.05) is 91.9 Å². The number of anilines is 1. The average Bonchev–Trinajstić information content (AvgIpc) is 3.89. The number of hydrogen-bond donors (Lipinski definition) is 2. The number of nitrogens with zero attached hydrogens (tertiary/aromatic N) is 10. The fourth-order valence-electron chi connectivity index (χ4n) is 5.99. The molecule has 0 bridgehead atoms. The molecule has 4 aromatic carbocycles. The van der Waals surface area contributed by atoms with Gasteiger partial charge in [0.05, 0.1) is 18.3 Å². The molecule has 8 rings (SSSR count). The van der Waals surface area contributed by atoms with Gasteiger partial charge in [0.1, 0.15) is 46.8 Å². The highest BCUT2D eigenvalue weighted by Crippen LogP contribution is 2.32. The van der Waals surface area contributed by atoms with Crippen LogP contribution >= 0.6 is 11.6 Å². The maximum atomic E-state index is 13.4. The van der Waals surface area contributed by atoms with Crippen molar-refractivity contribution in [2.75, 3.05) is 18.5 Å². The van der Waals surface area contributed by atoms with E-state index in [1.54, 1.807) is 46.0 Å². The lowest BCUT2D eigenvalue weighted by molar-refractivity contribution is 0.0790. The molecule has 0 aliphatic rings. The van der Waals surface area contributed by atoms with Gasteiger partial charge in [-0.2, -0.15) is 4.98 Å². The minimum absolute atomic E-state index is 0.0325. The Hall–Kier alpha value is -6.94. The van der Waals surface area contributed by atoms with Gasteiger partial charge in [-0.05, 0) is 80.1 Å². The van der Waals surface area contributed by atoms with E-state index in [9.17, 15) is 4.39 Å². The second kappa shape index (κ2) is 19.5. The number of aromatic nitrogens is 10. The highest BCUT2D eigenvalue weighted by atomic mass is 35.5. The number of rotatable bonds is 14. The van der Waals surface area contributed by atoms with Gasteiger partial charge >= 0.3 is 6.01 Å². The molecule has 0 fully saturated rings. The monoisotopic (exact) mass is 810 g/mol. The molecule has 4 heterocycles. The van der Waals surface area contributed by atoms with Crippen molar-refractivity contribution < 1.29 is 13.9 Å². The molecule has 0 saturated carbocycles. The second-order valence-corrected chi connectivity index (χ2v) is 13.3. The summed E-state index contributed by atoms with van der Waals surface area (Å²) in [6, 6.07) is 36.9. The summed E-state index contributed by atoms with van der Waals surface area (Å²) in [6.45, 7) is 5.71. The van der Waals surface area contributed by atoms with Crippen molar-refractivity contribution in [2.24, 2.45) is 5.73 Å². The molecular formula is C43H40ClFN12O2. The predicted molar refractivity (Wildman–Crippen MR) is 224 cm³/mol. The Morgan fingerprint density at radius 1 is 0.729 bits per heavy atom. The zero-order valence-electron chi connectivity index (χ0n) is 32.2. The van der Waals surface area contributed by atoms with Crippen molar-refractivity contribution in [1.82, 2.24) is 49.9 Å². The maximum Gasteiger partial charge on any atom is 0.322 e. The Labute approximate surface area is 344 Å². The Morgan fingerprint density at radius 2 is 1.39 bits per heavy atom. The van der Waals surface area contributed by atoms with Crippen molar-refractivity contribution in [3.05, 3.63) is 150 Å². The number of benzene rings is 4. The summed E-state index contributed by atoms with van der Waals surface area (Å²) in [4.78, 5) is 17.8. The van der Waals surface area contributed by atoms with Crippen LogP contribution in [0.5, 0.6) is 11.8 Å². The maximum absolute atomic E-state index is 13.4. The minimum Gasteiger partial charge on any atom is -0.424 e. The SMILES string of the molecule is CCOCn1nnc(-c2ccnc(Oc3ccccc3)n2)c1-c1ccc(Cl)cc1.C[C@H](Nc1nccc(-c2c(-c3ccc(F)cc3)nnn2CCN)n1)c1ccccc1. The molecule has 1 atom stereocenters. The highest BCUT2D eigenvalue weighted by Gasteiger charge is 2.21. The lowest BCUT2D eigenvalue weighted by atomic mass is 10.1. The van der Waals surface area contributed by atoms with Crippen LogP contribution in [0.4, 0.5) is 10.3 Å². The van der Waals surface area contributed by atoms with Crippen molar-refractivity contribution in [3.8, 4) is 57.1 Å². The first kappa shape index (κ1) is 40.3. The van der Waals surface area contributed by atoms with Gasteiger partial charge in [0.25, 0.3) is 0 Å². The van der Waals surface area contributed by atoms with E-state index in [0.29, 0.717) is 64.9 Å². The van der Waals surface area contributed by atoms with Gasteiger partial charge in [0.15, 0.2) is 0 Å². The van der Waals surface area contributed by atoms with Crippen molar-refractivity contribution in [1.29, 1.82) is 0 Å². The topological polar surface area (TPSA) is 169 Å². The third kappa shape index (κ3) is 10.1. The number of para-hydroxylation sites is 1. The smallest absolute Gasteiger partial charge is 0.322 e. The third-order valence-corrected chi connectivity index (χ3v) is 9.09. The van der Waals surface area contributed by atoms with Gasteiger partial charge in [0.2, 0.25) is 5.95 Å². The summed E-state index contributed by atoms with van der Waals surface area (Å²) in [5.74, 6) is 0.843. The lowest BCUT2D eigenvalue weighted by Gasteiger charge is -2.15. The molecular weight excluding hydrogens is 771 g/mol. The molecule has 4 aromatic heterocycles. The van der Waals surface area contributed by atoms with Crippen molar-refractivity contribution in [2.45, 2.75) is 33.2 Å². The van der Waals surface area contributed by atoms with Gasteiger partial charge in [-0.3, -0.25) is 0 Å². The first-order chi connectivity index (χ1) is 28.9. The third-order valence-electron chi connectivity index (χ3n) is 8.84. The van der Waals surface area contributed by atoms with E-state index >= 15 is 0 Å². The van der Waals surface area contributed by atoms with Crippen molar-refractivity contribution >= 4 is 17.5 Å². The first-order valence-corrected chi connectivity index (χ1v) is 19.2. The molecule has 8 aromatic rings. The van der Waals surface area contributed by atoms with E-state index in [0.717, 1.165) is 22.4 Å². The summed E-state index contributed by atoms with van der Waals surface area (Å²) >= 11 is 6.05. The Balaban J connectivity index is 0.000000179. The summed E-state index contributed by atoms with van der Waals surface area (Å²) in [6.07, 6.45) is 3.32. The van der Waals surface area contributed by atoms with Gasteiger partial charge in [0, 0.05) is 41.7 Å². The second-order valence-electron chi connectivity index (χ2n) is 12.9. The number of hydrogen-bond acceptors (Lipinski definition) is 12. The van der Waals surface area contributed by atoms with Crippen LogP contribution in [-0.4, -0.2) is 63.1 Å². The van der Waals surface area contributed by atoms with Gasteiger partial charge in [-0.1, -0.05) is 82.7 Å². The van der Waals surface area contributed by atoms with E-state index in [4.69, 9.17) is 26.8 Å². The molecule has 0 aliphatic heterocycles. The number of nitrogens with two attached hydrogens (primary N) is 1. The van der Waals surface area contributed by atoms with Crippen LogP contribution in [0.3, 0.4) is 0 Å². The van der Waals surface area contributed by atoms with Crippen LogP contribution in [-0.2, 0) is 18.0 Å². The van der Waals surface area contributed by atoms with E-state index < -0.39 is 0 Å². The fraction of sp³-hybridized carbons (Fsp3) is 0.163. The first-order valence-electron chi connectivity index (χ1n) is 18.8. The average molecular weight is 811 g/mol. The standard InChI is InChI=1S/C22H22FN7.C21H18ClN5O2/c1-15(16-5-3-2-4-6-16)26-22-25-13-11-19(27-22)21-20(28-29-30(21)14-12-24)17-7-9-18(23)10-8-17;1-2-28-14-27-20(15-8-10-16(22)11-9-15)19(25-26-27)18-12-13-23-21(24-18)29-17-6-4-3-5-7-17/h2-11,13,15H,12,14,24H2,1H3,(H,25,26,27);3-13H,2,14H2,1H3/t15-;/m0./s1. The van der Waals surface area contributed by atoms with Gasteiger partial charge < -0.3 is 20.5 Å². The molecule has 3 N–H and O–H groups in total. The summed E-state index contributed by atoms with van der Waals surface area (Å²) in [5.41, 5.74) is 12.5. The molecule has 0 amide bonds. The Kier molecular flexibility index (Phi) is 13.3. The van der Waals surface area contributed by atoms with Crippen LogP contribution in [0.15, 0.2) is 134 Å². The highest BCUT2D eigenvalue weighted by molar-refractivity contribution is 6.30. The number of ether oxygens (including phenoxy) is 2. The van der Waals surface area contributed by atoms with E-state index in [2.05, 4.69) is 52.8 Å². The number of halogens is 2. The van der Waals surface area contributed by atoms with Crippen LogP contribution in [0.1, 0.15) is 25.5 Å². The summed E-state index contributed by atoms with van der Waals surface area (Å²) in [7, 11) is 0. The molecule has 0 radical (unpaired) electrons. The Morgan fingerprint density at radius 3 is 2.12 bits per heavy atom. The molecule has 298 valence electrons. The molecule has 59 heavy (non-hydrogen) atoms. The molecule has 0 aliphatic carbocycles. The molecule has 16 heteroatoms. The van der Waals surface area contributed by atoms with Gasteiger partial charge in [-0.15, -0.1) is 10.2 Å². The van der Waals surface area contributed by atoms with E-state index in [1.165, 1.54) is 12.1 Å². The number of nitrogens with one attached hydrogen (secondary N) is 1. The molecule has 0 spiro atoms. The molecule has 0 unspecified atom stereocenters. The minimum atomic E-state index is -0.307. The summed E-state index contributed by atoms with van der Waals surface area (Å²) < 4.78 is 28.1. The van der Waals surface area contributed by atoms with Crippen LogP contribution < -0.4 is 15.8 Å². The summed E-state index contributed by atoms with van der Waals surface area (Å²) in [5, 5.41) is 21.1. The predicted octanol–water partition coefficient (Wildman–Crippen LogP) is 8.51. The van der Waals surface area contributed by atoms with Crippen LogP contribution in [0.2, 0.25) is 5.02 Å². The van der Waals surface area contributed by atoms with E-state index in [-0.39, 0.29) is 24.6 Å². The zero-order chi connectivity index (χ0) is 41.0.